The predicted molar refractivity (Wildman–Crippen MR) is 58.2 cm³/mol. The Hall–Kier alpha value is -0.960. The Morgan fingerprint density at radius 2 is 1.67 bits per heavy atom. The molecule has 0 spiro atoms. The summed E-state index contributed by atoms with van der Waals surface area (Å²) in [6.07, 6.45) is 0. The Morgan fingerprint density at radius 3 is 2.13 bits per heavy atom. The van der Waals surface area contributed by atoms with E-state index in [1.807, 2.05) is 13.8 Å². The Kier molecular flexibility index (Phi) is 3.14. The lowest BCUT2D eigenvalue weighted by Crippen LogP contribution is -2.36. The van der Waals surface area contributed by atoms with Crippen LogP contribution in [0, 0.1) is 20.8 Å². The fourth-order valence-corrected chi connectivity index (χ4v) is 1.56. The van der Waals surface area contributed by atoms with Crippen LogP contribution in [0.3, 0.4) is 0 Å². The van der Waals surface area contributed by atoms with E-state index in [1.165, 1.54) is 13.0 Å². The van der Waals surface area contributed by atoms with Gasteiger partial charge in [-0.15, -0.1) is 0 Å². The summed E-state index contributed by atoms with van der Waals surface area (Å²) >= 11 is 0. The van der Waals surface area contributed by atoms with Crippen molar-refractivity contribution in [2.45, 2.75) is 39.7 Å². The maximum atomic E-state index is 13.7. The number of alkyl halides is 2. The summed E-state index contributed by atoms with van der Waals surface area (Å²) in [6.45, 7) is 6.81. The number of rotatable bonds is 2. The fourth-order valence-electron chi connectivity index (χ4n) is 1.56. The van der Waals surface area contributed by atoms with Crippen molar-refractivity contribution in [3.8, 4) is 0 Å². The molecule has 0 bridgehead atoms. The van der Waals surface area contributed by atoms with Crippen molar-refractivity contribution in [3.05, 3.63) is 34.4 Å². The van der Waals surface area contributed by atoms with Crippen molar-refractivity contribution in [1.29, 1.82) is 0 Å². The van der Waals surface area contributed by atoms with Crippen molar-refractivity contribution in [2.24, 2.45) is 5.73 Å². The minimum Gasteiger partial charge on any atom is -0.323 e. The van der Waals surface area contributed by atoms with E-state index in [1.54, 1.807) is 13.0 Å². The van der Waals surface area contributed by atoms with Crippen LogP contribution in [0.15, 0.2) is 12.1 Å². The molecule has 0 saturated heterocycles. The quantitative estimate of drug-likeness (QED) is 0.802. The molecule has 0 aromatic heterocycles. The van der Waals surface area contributed by atoms with E-state index in [-0.39, 0.29) is 5.56 Å². The van der Waals surface area contributed by atoms with Crippen LogP contribution in [0.4, 0.5) is 8.78 Å². The van der Waals surface area contributed by atoms with Gasteiger partial charge in [-0.1, -0.05) is 12.1 Å². The molecule has 0 amide bonds. The first-order valence-corrected chi connectivity index (χ1v) is 4.99. The van der Waals surface area contributed by atoms with Gasteiger partial charge in [-0.3, -0.25) is 0 Å². The SMILES string of the molecule is Cc1ccc(C(F)(F)C(C)N)c(C)c1C. The highest BCUT2D eigenvalue weighted by atomic mass is 19.3. The Morgan fingerprint density at radius 1 is 1.13 bits per heavy atom. The molecule has 1 nitrogen and oxygen atoms in total. The maximum absolute atomic E-state index is 13.7. The van der Waals surface area contributed by atoms with Gasteiger partial charge in [0, 0.05) is 5.56 Å². The zero-order valence-electron chi connectivity index (χ0n) is 9.57. The average Bonchev–Trinajstić information content (AvgIpc) is 2.13. The highest BCUT2D eigenvalue weighted by Crippen LogP contribution is 2.34. The van der Waals surface area contributed by atoms with Crippen LogP contribution in [0.1, 0.15) is 29.2 Å². The van der Waals surface area contributed by atoms with Crippen molar-refractivity contribution in [3.63, 3.8) is 0 Å². The van der Waals surface area contributed by atoms with Crippen LogP contribution in [0.5, 0.6) is 0 Å². The molecule has 0 saturated carbocycles. The third-order valence-corrected chi connectivity index (χ3v) is 2.99. The number of nitrogens with two attached hydrogens (primary N) is 1. The molecule has 0 heterocycles. The van der Waals surface area contributed by atoms with Crippen LogP contribution in [-0.2, 0) is 5.92 Å². The Balaban J connectivity index is 3.34. The standard InChI is InChI=1S/C12H17F2N/c1-7-5-6-11(9(3)8(7)2)12(13,14)10(4)15/h5-6,10H,15H2,1-4H3. The number of hydrogen-bond donors (Lipinski definition) is 1. The monoisotopic (exact) mass is 213 g/mol. The summed E-state index contributed by atoms with van der Waals surface area (Å²) in [7, 11) is 0. The highest BCUT2D eigenvalue weighted by molar-refractivity contribution is 5.41. The summed E-state index contributed by atoms with van der Waals surface area (Å²) in [5, 5.41) is 0. The molecular formula is C12H17F2N. The molecule has 0 fully saturated rings. The smallest absolute Gasteiger partial charge is 0.287 e. The fraction of sp³-hybridized carbons (Fsp3) is 0.500. The van der Waals surface area contributed by atoms with Crippen LogP contribution < -0.4 is 5.73 Å². The molecule has 1 rings (SSSR count). The summed E-state index contributed by atoms with van der Waals surface area (Å²) in [6, 6.07) is 2.02. The maximum Gasteiger partial charge on any atom is 0.287 e. The summed E-state index contributed by atoms with van der Waals surface area (Å²) < 4.78 is 27.5. The number of halogens is 2. The minimum absolute atomic E-state index is 0.0422. The molecule has 0 aliphatic carbocycles. The van der Waals surface area contributed by atoms with Gasteiger partial charge >= 0.3 is 0 Å². The van der Waals surface area contributed by atoms with Gasteiger partial charge in [0.15, 0.2) is 0 Å². The number of hydrogen-bond acceptors (Lipinski definition) is 1. The molecular weight excluding hydrogens is 196 g/mol. The summed E-state index contributed by atoms with van der Waals surface area (Å²) in [4.78, 5) is 0. The molecule has 0 radical (unpaired) electrons. The zero-order chi connectivity index (χ0) is 11.8. The molecule has 1 unspecified atom stereocenters. The van der Waals surface area contributed by atoms with Crippen LogP contribution in [-0.4, -0.2) is 6.04 Å². The second kappa shape index (κ2) is 3.89. The van der Waals surface area contributed by atoms with Crippen molar-refractivity contribution >= 4 is 0 Å². The molecule has 1 aromatic carbocycles. The molecule has 2 N–H and O–H groups in total. The van der Waals surface area contributed by atoms with Gasteiger partial charge < -0.3 is 5.73 Å². The van der Waals surface area contributed by atoms with Gasteiger partial charge in [-0.25, -0.2) is 0 Å². The zero-order valence-corrected chi connectivity index (χ0v) is 9.57. The van der Waals surface area contributed by atoms with E-state index < -0.39 is 12.0 Å². The molecule has 1 atom stereocenters. The summed E-state index contributed by atoms with van der Waals surface area (Å²) in [5.41, 5.74) is 7.92. The topological polar surface area (TPSA) is 26.0 Å². The molecule has 3 heteroatoms. The van der Waals surface area contributed by atoms with Gasteiger partial charge in [-0.2, -0.15) is 8.78 Å². The van der Waals surface area contributed by atoms with Crippen LogP contribution in [0.25, 0.3) is 0 Å². The van der Waals surface area contributed by atoms with E-state index in [0.717, 1.165) is 11.1 Å². The minimum atomic E-state index is -2.96. The third-order valence-electron chi connectivity index (χ3n) is 2.99. The molecule has 1 aromatic rings. The van der Waals surface area contributed by atoms with Gasteiger partial charge in [0.2, 0.25) is 0 Å². The largest absolute Gasteiger partial charge is 0.323 e. The Labute approximate surface area is 89.3 Å². The first kappa shape index (κ1) is 12.1. The van der Waals surface area contributed by atoms with E-state index in [0.29, 0.717) is 5.56 Å². The second-order valence-corrected chi connectivity index (χ2v) is 4.09. The number of benzene rings is 1. The lowest BCUT2D eigenvalue weighted by atomic mass is 9.92. The van der Waals surface area contributed by atoms with Crippen LogP contribution in [0.2, 0.25) is 0 Å². The summed E-state index contributed by atoms with van der Waals surface area (Å²) in [5.74, 6) is -2.96. The molecule has 0 aliphatic heterocycles. The van der Waals surface area contributed by atoms with E-state index >= 15 is 0 Å². The van der Waals surface area contributed by atoms with E-state index in [2.05, 4.69) is 0 Å². The molecule has 84 valence electrons. The first-order valence-electron chi connectivity index (χ1n) is 4.99. The van der Waals surface area contributed by atoms with Crippen LogP contribution >= 0.6 is 0 Å². The van der Waals surface area contributed by atoms with Gasteiger partial charge in [0.05, 0.1) is 6.04 Å². The van der Waals surface area contributed by atoms with Gasteiger partial charge in [0.25, 0.3) is 5.92 Å². The van der Waals surface area contributed by atoms with E-state index in [9.17, 15) is 8.78 Å². The van der Waals surface area contributed by atoms with Gasteiger partial charge in [-0.05, 0) is 44.4 Å². The first-order chi connectivity index (χ1) is 6.78. The Bertz CT molecular complexity index is 370. The van der Waals surface area contributed by atoms with Gasteiger partial charge in [0.1, 0.15) is 0 Å². The van der Waals surface area contributed by atoms with Crippen molar-refractivity contribution in [1.82, 2.24) is 0 Å². The lowest BCUT2D eigenvalue weighted by molar-refractivity contribution is -0.0262. The highest BCUT2D eigenvalue weighted by Gasteiger charge is 2.37. The second-order valence-electron chi connectivity index (χ2n) is 4.09. The van der Waals surface area contributed by atoms with Crippen molar-refractivity contribution < 1.29 is 8.78 Å². The normalized spacial score (nSPS) is 14.1. The van der Waals surface area contributed by atoms with Crippen molar-refractivity contribution in [2.75, 3.05) is 0 Å². The molecule has 15 heavy (non-hydrogen) atoms. The average molecular weight is 213 g/mol. The number of aryl methyl sites for hydroxylation is 1. The lowest BCUT2D eigenvalue weighted by Gasteiger charge is -2.24. The predicted octanol–water partition coefficient (Wildman–Crippen LogP) is 3.05. The third kappa shape index (κ3) is 2.02. The van der Waals surface area contributed by atoms with E-state index in [4.69, 9.17) is 5.73 Å². The molecule has 0 aliphatic rings.